The van der Waals surface area contributed by atoms with Crippen LogP contribution in [0.5, 0.6) is 11.5 Å². The first-order chi connectivity index (χ1) is 12.5. The number of anilines is 1. The molecule has 4 rings (SSSR count). The van der Waals surface area contributed by atoms with Crippen molar-refractivity contribution in [3.63, 3.8) is 0 Å². The number of thiazole rings is 1. The predicted octanol–water partition coefficient (Wildman–Crippen LogP) is 4.38. The maximum Gasteiger partial charge on any atom is 0.257 e. The fourth-order valence-electron chi connectivity index (χ4n) is 2.57. The van der Waals surface area contributed by atoms with E-state index in [4.69, 9.17) is 9.47 Å². The second-order valence-electron chi connectivity index (χ2n) is 5.57. The van der Waals surface area contributed by atoms with Crippen LogP contribution in [0.15, 0.2) is 36.4 Å². The molecule has 0 unspecified atom stereocenters. The number of benzene rings is 2. The van der Waals surface area contributed by atoms with E-state index in [0.29, 0.717) is 33.5 Å². The van der Waals surface area contributed by atoms with E-state index >= 15 is 0 Å². The molecule has 1 amide bonds. The van der Waals surface area contributed by atoms with Gasteiger partial charge in [0.2, 0.25) is 6.79 Å². The van der Waals surface area contributed by atoms with Gasteiger partial charge in [0.25, 0.3) is 5.91 Å². The Kier molecular flexibility index (Phi) is 4.04. The first-order valence-corrected chi connectivity index (χ1v) is 8.47. The number of aryl methyl sites for hydroxylation is 1. The number of halogens is 2. The Morgan fingerprint density at radius 3 is 2.73 bits per heavy atom. The topological polar surface area (TPSA) is 60.5 Å². The molecule has 0 spiro atoms. The molecule has 3 aromatic rings. The highest BCUT2D eigenvalue weighted by molar-refractivity contribution is 7.16. The first-order valence-electron chi connectivity index (χ1n) is 7.65. The largest absolute Gasteiger partial charge is 0.454 e. The summed E-state index contributed by atoms with van der Waals surface area (Å²) in [5.74, 6) is -1.12. The molecule has 1 aromatic heterocycles. The van der Waals surface area contributed by atoms with Gasteiger partial charge in [-0.25, -0.2) is 13.8 Å². The molecule has 26 heavy (non-hydrogen) atoms. The lowest BCUT2D eigenvalue weighted by Gasteiger charge is -2.03. The number of nitrogens with zero attached hydrogens (tertiary/aromatic N) is 1. The van der Waals surface area contributed by atoms with Crippen LogP contribution in [0.25, 0.3) is 11.3 Å². The molecule has 5 nitrogen and oxygen atoms in total. The molecule has 0 atom stereocenters. The van der Waals surface area contributed by atoms with Gasteiger partial charge in [-0.15, -0.1) is 11.3 Å². The Morgan fingerprint density at radius 2 is 1.92 bits per heavy atom. The van der Waals surface area contributed by atoms with Gasteiger partial charge in [-0.2, -0.15) is 0 Å². The number of carbonyl (C=O) groups excluding carboxylic acids is 1. The lowest BCUT2D eigenvalue weighted by atomic mass is 10.1. The molecule has 0 bridgehead atoms. The summed E-state index contributed by atoms with van der Waals surface area (Å²) >= 11 is 1.25. The van der Waals surface area contributed by atoms with Gasteiger partial charge in [-0.1, -0.05) is 0 Å². The highest BCUT2D eigenvalue weighted by Crippen LogP contribution is 2.34. The summed E-state index contributed by atoms with van der Waals surface area (Å²) in [7, 11) is 0. The summed E-state index contributed by atoms with van der Waals surface area (Å²) < 4.78 is 37.0. The zero-order valence-corrected chi connectivity index (χ0v) is 14.3. The van der Waals surface area contributed by atoms with Gasteiger partial charge in [0.15, 0.2) is 28.3 Å². The van der Waals surface area contributed by atoms with Crippen molar-refractivity contribution in [2.75, 3.05) is 12.1 Å². The van der Waals surface area contributed by atoms with E-state index in [0.717, 1.165) is 17.0 Å². The molecule has 0 radical (unpaired) electrons. The lowest BCUT2D eigenvalue weighted by Crippen LogP contribution is -2.11. The monoisotopic (exact) mass is 374 g/mol. The molecular weight excluding hydrogens is 362 g/mol. The van der Waals surface area contributed by atoms with Crippen molar-refractivity contribution in [3.05, 3.63) is 58.5 Å². The summed E-state index contributed by atoms with van der Waals surface area (Å²) in [5, 5.41) is 3.08. The SMILES string of the molecule is Cc1sc(NC(=O)c2ccc3c(c2)OCO3)nc1-c1ccc(F)c(F)c1. The van der Waals surface area contributed by atoms with Gasteiger partial charge < -0.3 is 9.47 Å². The Labute approximate surface area is 151 Å². The summed E-state index contributed by atoms with van der Waals surface area (Å²) in [4.78, 5) is 17.5. The number of carbonyl (C=O) groups is 1. The number of ether oxygens (including phenoxy) is 2. The smallest absolute Gasteiger partial charge is 0.257 e. The maximum absolute atomic E-state index is 13.5. The molecule has 1 N–H and O–H groups in total. The zero-order valence-electron chi connectivity index (χ0n) is 13.5. The van der Waals surface area contributed by atoms with Crippen molar-refractivity contribution in [1.29, 1.82) is 0 Å². The summed E-state index contributed by atoms with van der Waals surface area (Å²) in [6.07, 6.45) is 0. The van der Waals surface area contributed by atoms with E-state index in [1.165, 1.54) is 17.4 Å². The Morgan fingerprint density at radius 1 is 1.12 bits per heavy atom. The number of fused-ring (bicyclic) bond motifs is 1. The fourth-order valence-corrected chi connectivity index (χ4v) is 3.40. The van der Waals surface area contributed by atoms with Crippen LogP contribution in [-0.2, 0) is 0 Å². The van der Waals surface area contributed by atoms with Crippen molar-refractivity contribution in [1.82, 2.24) is 4.98 Å². The standard InChI is InChI=1S/C18H12F2N2O3S/c1-9-16(10-2-4-12(19)13(20)6-10)21-18(26-9)22-17(23)11-3-5-14-15(7-11)25-8-24-14/h2-7H,8H2,1H3,(H,21,22,23). The molecule has 2 aromatic carbocycles. The van der Waals surface area contributed by atoms with E-state index in [1.807, 2.05) is 0 Å². The van der Waals surface area contributed by atoms with Gasteiger partial charge >= 0.3 is 0 Å². The van der Waals surface area contributed by atoms with Crippen LogP contribution in [0.3, 0.4) is 0 Å². The third-order valence-corrected chi connectivity index (χ3v) is 4.73. The molecule has 1 aliphatic rings. The lowest BCUT2D eigenvalue weighted by molar-refractivity contribution is 0.102. The second-order valence-corrected chi connectivity index (χ2v) is 6.78. The zero-order chi connectivity index (χ0) is 18.3. The van der Waals surface area contributed by atoms with Crippen LogP contribution >= 0.6 is 11.3 Å². The number of hydrogen-bond donors (Lipinski definition) is 1. The van der Waals surface area contributed by atoms with Crippen molar-refractivity contribution >= 4 is 22.4 Å². The second kappa shape index (κ2) is 6.38. The van der Waals surface area contributed by atoms with E-state index in [2.05, 4.69) is 10.3 Å². The summed E-state index contributed by atoms with van der Waals surface area (Å²) in [5.41, 5.74) is 1.34. The Hall–Kier alpha value is -3.00. The van der Waals surface area contributed by atoms with Gasteiger partial charge in [-0.3, -0.25) is 10.1 Å². The molecule has 0 fully saturated rings. The van der Waals surface area contributed by atoms with Crippen LogP contribution in [-0.4, -0.2) is 17.7 Å². The predicted molar refractivity (Wildman–Crippen MR) is 92.7 cm³/mol. The molecule has 0 saturated heterocycles. The third-order valence-electron chi connectivity index (χ3n) is 3.84. The van der Waals surface area contributed by atoms with E-state index in [-0.39, 0.29) is 12.7 Å². The van der Waals surface area contributed by atoms with E-state index in [9.17, 15) is 13.6 Å². The number of amides is 1. The number of rotatable bonds is 3. The molecule has 2 heterocycles. The van der Waals surface area contributed by atoms with Gasteiger partial charge in [0, 0.05) is 16.0 Å². The van der Waals surface area contributed by atoms with E-state index in [1.54, 1.807) is 25.1 Å². The van der Waals surface area contributed by atoms with Gasteiger partial charge in [-0.05, 0) is 43.3 Å². The summed E-state index contributed by atoms with van der Waals surface area (Å²) in [6.45, 7) is 1.92. The molecular formula is C18H12F2N2O3S. The van der Waals surface area contributed by atoms with Crippen LogP contribution in [0.1, 0.15) is 15.2 Å². The highest BCUT2D eigenvalue weighted by atomic mass is 32.1. The number of aromatic nitrogens is 1. The first kappa shape index (κ1) is 16.5. The minimum Gasteiger partial charge on any atom is -0.454 e. The molecule has 0 aliphatic carbocycles. The third kappa shape index (κ3) is 2.99. The molecule has 0 saturated carbocycles. The fraction of sp³-hybridized carbons (Fsp3) is 0.111. The van der Waals surface area contributed by atoms with Crippen molar-refractivity contribution < 1.29 is 23.0 Å². The highest BCUT2D eigenvalue weighted by Gasteiger charge is 2.18. The van der Waals surface area contributed by atoms with Crippen molar-refractivity contribution in [2.45, 2.75) is 6.92 Å². The normalized spacial score (nSPS) is 12.3. The average molecular weight is 374 g/mol. The summed E-state index contributed by atoms with van der Waals surface area (Å²) in [6, 6.07) is 8.46. The number of hydrogen-bond acceptors (Lipinski definition) is 5. The Bertz CT molecular complexity index is 1020. The van der Waals surface area contributed by atoms with Crippen LogP contribution in [0, 0.1) is 18.6 Å². The average Bonchev–Trinajstić information content (AvgIpc) is 3.23. The minimum absolute atomic E-state index is 0.129. The van der Waals surface area contributed by atoms with Crippen LogP contribution in [0.2, 0.25) is 0 Å². The van der Waals surface area contributed by atoms with Gasteiger partial charge in [0.05, 0.1) is 5.69 Å². The quantitative estimate of drug-likeness (QED) is 0.739. The van der Waals surface area contributed by atoms with Crippen molar-refractivity contribution in [3.8, 4) is 22.8 Å². The van der Waals surface area contributed by atoms with Crippen molar-refractivity contribution in [2.24, 2.45) is 0 Å². The van der Waals surface area contributed by atoms with Gasteiger partial charge in [0.1, 0.15) is 0 Å². The Balaban J connectivity index is 1.57. The minimum atomic E-state index is -0.944. The van der Waals surface area contributed by atoms with Crippen LogP contribution in [0.4, 0.5) is 13.9 Å². The van der Waals surface area contributed by atoms with E-state index < -0.39 is 11.6 Å². The maximum atomic E-state index is 13.5. The van der Waals surface area contributed by atoms with Crippen LogP contribution < -0.4 is 14.8 Å². The molecule has 8 heteroatoms. The molecule has 1 aliphatic heterocycles. The molecule has 132 valence electrons. The number of nitrogens with one attached hydrogen (secondary N) is 1.